The third-order valence-electron chi connectivity index (χ3n) is 6.82. The molecule has 3 heterocycles. The lowest BCUT2D eigenvalue weighted by Crippen LogP contribution is -2.57. The fourth-order valence-corrected chi connectivity index (χ4v) is 5.13. The molecule has 4 rings (SSSR count). The van der Waals surface area contributed by atoms with Crippen molar-refractivity contribution in [1.29, 1.82) is 0 Å². The van der Waals surface area contributed by atoms with Crippen LogP contribution in [0.15, 0.2) is 35.9 Å². The third-order valence-corrected chi connectivity index (χ3v) is 6.82. The normalized spacial score (nSPS) is 28.2. The number of aromatic nitrogens is 1. The van der Waals surface area contributed by atoms with Crippen molar-refractivity contribution in [3.63, 3.8) is 0 Å². The number of benzene rings is 1. The van der Waals surface area contributed by atoms with E-state index in [1.54, 1.807) is 7.11 Å². The van der Waals surface area contributed by atoms with E-state index >= 15 is 0 Å². The highest BCUT2D eigenvalue weighted by Gasteiger charge is 2.61. The van der Waals surface area contributed by atoms with E-state index in [1.165, 1.54) is 10.9 Å². The predicted molar refractivity (Wildman–Crippen MR) is 113 cm³/mol. The van der Waals surface area contributed by atoms with E-state index in [-0.39, 0.29) is 6.79 Å². The van der Waals surface area contributed by atoms with E-state index in [9.17, 15) is 5.11 Å². The number of H-pyrrole nitrogens is 1. The van der Waals surface area contributed by atoms with Crippen molar-refractivity contribution in [3.05, 3.63) is 47.2 Å². The molecule has 0 radical (unpaired) electrons. The molecule has 0 unspecified atom stereocenters. The first-order valence-corrected chi connectivity index (χ1v) is 10.4. The average molecular weight is 401 g/mol. The number of aromatic amines is 1. The van der Waals surface area contributed by atoms with Crippen molar-refractivity contribution in [1.82, 2.24) is 9.88 Å². The molecule has 2 N–H and O–H groups in total. The predicted octanol–water partition coefficient (Wildman–Crippen LogP) is 2.96. The van der Waals surface area contributed by atoms with Crippen LogP contribution in [0.1, 0.15) is 31.5 Å². The number of nitrogens with one attached hydrogen (secondary N) is 1. The van der Waals surface area contributed by atoms with Crippen LogP contribution in [0.5, 0.6) is 0 Å². The highest BCUT2D eigenvalue weighted by atomic mass is 16.7. The van der Waals surface area contributed by atoms with Crippen molar-refractivity contribution in [2.24, 2.45) is 0 Å². The maximum atomic E-state index is 12.0. The second-order valence-corrected chi connectivity index (χ2v) is 8.12. The summed E-state index contributed by atoms with van der Waals surface area (Å²) < 4.78 is 16.0. The number of para-hydroxylation sites is 1. The van der Waals surface area contributed by atoms with E-state index in [0.29, 0.717) is 26.2 Å². The molecule has 0 aliphatic carbocycles. The van der Waals surface area contributed by atoms with Gasteiger partial charge in [-0.15, -0.1) is 0 Å². The Hall–Kier alpha value is -1.70. The summed E-state index contributed by atoms with van der Waals surface area (Å²) in [6.07, 6.45) is 3.58. The highest BCUT2D eigenvalue weighted by Crippen LogP contribution is 2.53. The Morgan fingerprint density at radius 1 is 1.21 bits per heavy atom. The van der Waals surface area contributed by atoms with E-state index in [2.05, 4.69) is 47.1 Å². The van der Waals surface area contributed by atoms with Gasteiger partial charge in [0, 0.05) is 43.2 Å². The van der Waals surface area contributed by atoms with Crippen molar-refractivity contribution in [2.45, 2.75) is 37.8 Å². The first-order chi connectivity index (χ1) is 14.1. The fraction of sp³-hybridized carbons (Fsp3) is 0.565. The lowest BCUT2D eigenvalue weighted by molar-refractivity contribution is -0.0990. The smallest absolute Gasteiger partial charge is 0.146 e. The van der Waals surface area contributed by atoms with Crippen LogP contribution < -0.4 is 0 Å². The molecule has 1 aromatic carbocycles. The Balaban J connectivity index is 1.60. The number of allylic oxidation sites excluding steroid dienone is 1. The molecule has 1 aromatic heterocycles. The minimum atomic E-state index is -0.996. The fourth-order valence-electron chi connectivity index (χ4n) is 5.13. The van der Waals surface area contributed by atoms with Crippen molar-refractivity contribution in [3.8, 4) is 0 Å². The van der Waals surface area contributed by atoms with Crippen molar-refractivity contribution >= 4 is 10.9 Å². The van der Waals surface area contributed by atoms with Gasteiger partial charge in [-0.25, -0.2) is 0 Å². The number of nitrogens with zero attached hydrogens (tertiary/aromatic N) is 1. The Kier molecular flexibility index (Phi) is 5.82. The highest BCUT2D eigenvalue weighted by molar-refractivity contribution is 5.85. The molecular formula is C23H32N2O4. The van der Waals surface area contributed by atoms with Crippen LogP contribution in [-0.2, 0) is 26.2 Å². The zero-order valence-corrected chi connectivity index (χ0v) is 17.7. The van der Waals surface area contributed by atoms with Crippen LogP contribution in [0.4, 0.5) is 0 Å². The molecule has 0 spiro atoms. The Bertz CT molecular complexity index is 892. The third kappa shape index (κ3) is 3.23. The monoisotopic (exact) mass is 400 g/mol. The van der Waals surface area contributed by atoms with Gasteiger partial charge in [0.2, 0.25) is 0 Å². The lowest BCUT2D eigenvalue weighted by atomic mass is 9.72. The molecule has 0 amide bonds. The Labute approximate surface area is 172 Å². The number of methoxy groups -OCH3 is 1. The van der Waals surface area contributed by atoms with E-state index in [4.69, 9.17) is 14.2 Å². The van der Waals surface area contributed by atoms with Gasteiger partial charge in [-0.2, -0.15) is 0 Å². The second kappa shape index (κ2) is 8.20. The molecule has 29 heavy (non-hydrogen) atoms. The summed E-state index contributed by atoms with van der Waals surface area (Å²) in [5.74, 6) is 0. The summed E-state index contributed by atoms with van der Waals surface area (Å²) in [5, 5.41) is 13.3. The van der Waals surface area contributed by atoms with Gasteiger partial charge >= 0.3 is 0 Å². The summed E-state index contributed by atoms with van der Waals surface area (Å²) in [6, 6.07) is 8.43. The van der Waals surface area contributed by atoms with Gasteiger partial charge < -0.3 is 24.3 Å². The Morgan fingerprint density at radius 2 is 2.00 bits per heavy atom. The van der Waals surface area contributed by atoms with Gasteiger partial charge in [0.1, 0.15) is 12.4 Å². The molecule has 2 aromatic rings. The lowest BCUT2D eigenvalue weighted by Gasteiger charge is -2.47. The van der Waals surface area contributed by atoms with Gasteiger partial charge in [-0.3, -0.25) is 4.90 Å². The van der Waals surface area contributed by atoms with Crippen LogP contribution in [0.3, 0.4) is 0 Å². The molecule has 0 saturated carbocycles. The van der Waals surface area contributed by atoms with Crippen molar-refractivity contribution in [2.75, 3.05) is 46.8 Å². The largest absolute Gasteiger partial charge is 0.383 e. The molecule has 6 heteroatoms. The SMILES string of the molecule is C/C=C1/CN2CCc3c([nH]c4ccccc34)[C@@]2(C)[C@@]1(O)CCOCOCCOC. The van der Waals surface area contributed by atoms with Crippen LogP contribution in [0, 0.1) is 0 Å². The quantitative estimate of drug-likeness (QED) is 0.405. The molecule has 0 bridgehead atoms. The second-order valence-electron chi connectivity index (χ2n) is 8.12. The molecule has 1 saturated heterocycles. The number of hydrogen-bond acceptors (Lipinski definition) is 5. The van der Waals surface area contributed by atoms with Gasteiger partial charge in [-0.1, -0.05) is 24.3 Å². The molecular weight excluding hydrogens is 368 g/mol. The van der Waals surface area contributed by atoms with E-state index in [0.717, 1.165) is 36.3 Å². The van der Waals surface area contributed by atoms with Gasteiger partial charge in [0.15, 0.2) is 0 Å². The van der Waals surface area contributed by atoms with Gasteiger partial charge in [0.05, 0.1) is 25.4 Å². The van der Waals surface area contributed by atoms with Crippen LogP contribution in [0.2, 0.25) is 0 Å². The summed E-state index contributed by atoms with van der Waals surface area (Å²) in [4.78, 5) is 6.06. The number of fused-ring (bicyclic) bond motifs is 5. The summed E-state index contributed by atoms with van der Waals surface area (Å²) in [6.45, 7) is 7.60. The first kappa shape index (κ1) is 20.6. The maximum absolute atomic E-state index is 12.0. The molecule has 6 nitrogen and oxygen atoms in total. The first-order valence-electron chi connectivity index (χ1n) is 10.4. The average Bonchev–Trinajstić information content (AvgIpc) is 3.21. The standard InChI is InChI=1S/C23H32N2O4/c1-4-17-15-25-11-9-19-18-7-5-6-8-20(18)24-21(19)22(25,2)23(17,26)10-12-28-16-29-14-13-27-3/h4-8,24,26H,9-16H2,1-3H3/b17-4-/t22-,23+/m0/s1. The van der Waals surface area contributed by atoms with Crippen molar-refractivity contribution < 1.29 is 19.3 Å². The molecule has 1 fully saturated rings. The summed E-state index contributed by atoms with van der Waals surface area (Å²) in [7, 11) is 1.65. The number of rotatable bonds is 8. The zero-order valence-electron chi connectivity index (χ0n) is 17.7. The van der Waals surface area contributed by atoms with E-state index in [1.807, 2.05) is 6.92 Å². The number of hydrogen-bond donors (Lipinski definition) is 2. The molecule has 2 atom stereocenters. The number of aliphatic hydroxyl groups is 1. The maximum Gasteiger partial charge on any atom is 0.146 e. The van der Waals surface area contributed by atoms with E-state index < -0.39 is 11.1 Å². The zero-order chi connectivity index (χ0) is 20.5. The minimum absolute atomic E-state index is 0.211. The summed E-state index contributed by atoms with van der Waals surface area (Å²) in [5.41, 5.74) is 3.17. The van der Waals surface area contributed by atoms with Crippen LogP contribution in [0.25, 0.3) is 10.9 Å². The molecule has 158 valence electrons. The Morgan fingerprint density at radius 3 is 2.79 bits per heavy atom. The topological polar surface area (TPSA) is 67.0 Å². The van der Waals surface area contributed by atoms with Gasteiger partial charge in [0.25, 0.3) is 0 Å². The van der Waals surface area contributed by atoms with Crippen LogP contribution in [-0.4, -0.2) is 67.4 Å². The number of ether oxygens (including phenoxy) is 3. The molecule has 2 aliphatic rings. The molecule has 2 aliphatic heterocycles. The summed E-state index contributed by atoms with van der Waals surface area (Å²) >= 11 is 0. The van der Waals surface area contributed by atoms with Crippen LogP contribution >= 0.6 is 0 Å². The van der Waals surface area contributed by atoms with Gasteiger partial charge in [-0.05, 0) is 37.5 Å². The minimum Gasteiger partial charge on any atom is -0.383 e.